The molecule has 0 fully saturated rings. The summed E-state index contributed by atoms with van der Waals surface area (Å²) in [5, 5.41) is 11.4. The lowest BCUT2D eigenvalue weighted by atomic mass is 10.1. The molecule has 0 aliphatic heterocycles. The molecule has 0 aromatic heterocycles. The fourth-order valence-electron chi connectivity index (χ4n) is 1.84. The van der Waals surface area contributed by atoms with E-state index in [4.69, 9.17) is 5.11 Å². The van der Waals surface area contributed by atoms with E-state index in [0.717, 1.165) is 12.1 Å². The minimum atomic E-state index is -0.695. The first-order chi connectivity index (χ1) is 9.43. The van der Waals surface area contributed by atoms with Crippen molar-refractivity contribution in [2.45, 2.75) is 32.7 Å². The van der Waals surface area contributed by atoms with E-state index < -0.39 is 11.6 Å². The van der Waals surface area contributed by atoms with Gasteiger partial charge in [0, 0.05) is 30.4 Å². The second kappa shape index (κ2) is 7.75. The van der Waals surface area contributed by atoms with Crippen molar-refractivity contribution in [3.63, 3.8) is 0 Å². The van der Waals surface area contributed by atoms with Crippen LogP contribution in [-0.2, 0) is 4.79 Å². The number of allylic oxidation sites excluding steroid dienone is 1. The van der Waals surface area contributed by atoms with Gasteiger partial charge in [-0.2, -0.15) is 0 Å². The van der Waals surface area contributed by atoms with Crippen molar-refractivity contribution in [1.29, 1.82) is 0 Å². The van der Waals surface area contributed by atoms with Crippen molar-refractivity contribution in [1.82, 2.24) is 5.32 Å². The molecule has 0 aliphatic rings. The molecule has 0 saturated heterocycles. The third kappa shape index (κ3) is 5.09. The maximum Gasteiger partial charge on any atom is 0.244 e. The van der Waals surface area contributed by atoms with E-state index >= 15 is 0 Å². The van der Waals surface area contributed by atoms with E-state index in [9.17, 15) is 13.6 Å². The van der Waals surface area contributed by atoms with Crippen molar-refractivity contribution in [3.8, 4) is 0 Å². The van der Waals surface area contributed by atoms with Crippen molar-refractivity contribution >= 4 is 11.5 Å². The van der Waals surface area contributed by atoms with Gasteiger partial charge >= 0.3 is 0 Å². The van der Waals surface area contributed by atoms with Crippen LogP contribution >= 0.6 is 0 Å². The first-order valence-corrected chi connectivity index (χ1v) is 6.49. The molecule has 0 radical (unpaired) electrons. The lowest BCUT2D eigenvalue weighted by Crippen LogP contribution is -2.31. The summed E-state index contributed by atoms with van der Waals surface area (Å²) in [5.41, 5.74) is 0.624. The largest absolute Gasteiger partial charge is 0.396 e. The fourth-order valence-corrected chi connectivity index (χ4v) is 1.84. The van der Waals surface area contributed by atoms with Crippen molar-refractivity contribution < 1.29 is 18.7 Å². The molecule has 1 aromatic carbocycles. The molecule has 0 saturated carbocycles. The molecule has 2 N–H and O–H groups in total. The van der Waals surface area contributed by atoms with Gasteiger partial charge in [-0.3, -0.25) is 4.79 Å². The first kappa shape index (κ1) is 16.3. The van der Waals surface area contributed by atoms with Crippen molar-refractivity contribution in [3.05, 3.63) is 41.5 Å². The molecule has 20 heavy (non-hydrogen) atoms. The van der Waals surface area contributed by atoms with E-state index in [2.05, 4.69) is 5.32 Å². The van der Waals surface area contributed by atoms with Crippen LogP contribution in [0.25, 0.3) is 5.57 Å². The van der Waals surface area contributed by atoms with Crippen LogP contribution in [0.2, 0.25) is 0 Å². The second-order valence-electron chi connectivity index (χ2n) is 4.73. The van der Waals surface area contributed by atoms with E-state index in [1.807, 2.05) is 6.92 Å². The molecule has 3 nitrogen and oxygen atoms in total. The Morgan fingerprint density at radius 3 is 2.75 bits per heavy atom. The predicted molar refractivity (Wildman–Crippen MR) is 73.9 cm³/mol. The Bertz CT molecular complexity index is 501. The predicted octanol–water partition coefficient (Wildman–Crippen LogP) is 2.65. The number of benzene rings is 1. The highest BCUT2D eigenvalue weighted by Crippen LogP contribution is 2.18. The van der Waals surface area contributed by atoms with Crippen LogP contribution < -0.4 is 5.32 Å². The minimum absolute atomic E-state index is 0.0724. The summed E-state index contributed by atoms with van der Waals surface area (Å²) in [4.78, 5) is 11.7. The molecule has 0 heterocycles. The van der Waals surface area contributed by atoms with E-state index in [1.165, 1.54) is 12.1 Å². The monoisotopic (exact) mass is 283 g/mol. The zero-order chi connectivity index (χ0) is 15.1. The molecule has 1 atom stereocenters. The summed E-state index contributed by atoms with van der Waals surface area (Å²) in [5.74, 6) is -1.68. The summed E-state index contributed by atoms with van der Waals surface area (Å²) in [6.07, 6.45) is 2.56. The molecule has 5 heteroatoms. The van der Waals surface area contributed by atoms with Crippen LogP contribution in [0.3, 0.4) is 0 Å². The van der Waals surface area contributed by atoms with E-state index in [1.54, 1.807) is 6.92 Å². The van der Waals surface area contributed by atoms with Gasteiger partial charge in [-0.25, -0.2) is 8.78 Å². The lowest BCUT2D eigenvalue weighted by molar-refractivity contribution is -0.117. The summed E-state index contributed by atoms with van der Waals surface area (Å²) < 4.78 is 26.3. The third-order valence-electron chi connectivity index (χ3n) is 2.89. The van der Waals surface area contributed by atoms with Crippen LogP contribution in [0.15, 0.2) is 24.3 Å². The number of carbonyl (C=O) groups excluding carboxylic acids is 1. The zero-order valence-corrected chi connectivity index (χ0v) is 11.6. The van der Waals surface area contributed by atoms with Crippen LogP contribution in [0.1, 0.15) is 32.3 Å². The van der Waals surface area contributed by atoms with E-state index in [-0.39, 0.29) is 24.1 Å². The summed E-state index contributed by atoms with van der Waals surface area (Å²) >= 11 is 0. The molecule has 1 amide bonds. The summed E-state index contributed by atoms with van der Waals surface area (Å²) in [6, 6.07) is 3.17. The highest BCUT2D eigenvalue weighted by molar-refractivity contribution is 5.95. The van der Waals surface area contributed by atoms with Crippen LogP contribution in [0, 0.1) is 11.6 Å². The molecule has 0 bridgehead atoms. The minimum Gasteiger partial charge on any atom is -0.396 e. The average Bonchev–Trinajstić information content (AvgIpc) is 2.35. The molecule has 1 unspecified atom stereocenters. The standard InChI is InChI=1S/C15H19F2NO2/c1-10(13-6-5-12(16)9-14(13)17)8-15(20)18-11(2)4-3-7-19/h5-6,8-9,11,19H,3-4,7H2,1-2H3,(H,18,20)/b10-8-. The van der Waals surface area contributed by atoms with Gasteiger partial charge in [-0.15, -0.1) is 0 Å². The third-order valence-corrected chi connectivity index (χ3v) is 2.89. The number of hydrogen-bond acceptors (Lipinski definition) is 2. The lowest BCUT2D eigenvalue weighted by Gasteiger charge is -2.12. The summed E-state index contributed by atoms with van der Waals surface area (Å²) in [7, 11) is 0. The smallest absolute Gasteiger partial charge is 0.244 e. The zero-order valence-electron chi connectivity index (χ0n) is 11.6. The van der Waals surface area contributed by atoms with Crippen molar-refractivity contribution in [2.24, 2.45) is 0 Å². The van der Waals surface area contributed by atoms with Crippen LogP contribution in [-0.4, -0.2) is 23.7 Å². The maximum atomic E-state index is 13.5. The molecule has 0 spiro atoms. The number of rotatable bonds is 6. The number of halogens is 2. The number of aliphatic hydroxyl groups is 1. The Balaban J connectivity index is 2.70. The second-order valence-corrected chi connectivity index (χ2v) is 4.73. The number of aliphatic hydroxyl groups excluding tert-OH is 1. The topological polar surface area (TPSA) is 49.3 Å². The van der Waals surface area contributed by atoms with Gasteiger partial charge in [0.2, 0.25) is 5.91 Å². The Kier molecular flexibility index (Phi) is 6.31. The highest BCUT2D eigenvalue weighted by Gasteiger charge is 2.09. The van der Waals surface area contributed by atoms with Crippen molar-refractivity contribution in [2.75, 3.05) is 6.61 Å². The maximum absolute atomic E-state index is 13.5. The van der Waals surface area contributed by atoms with Gasteiger partial charge in [0.1, 0.15) is 11.6 Å². The normalized spacial score (nSPS) is 13.2. The van der Waals surface area contributed by atoms with Crippen LogP contribution in [0.4, 0.5) is 8.78 Å². The molecule has 0 aliphatic carbocycles. The van der Waals surface area contributed by atoms with Gasteiger partial charge in [-0.05, 0) is 44.4 Å². The Morgan fingerprint density at radius 2 is 2.15 bits per heavy atom. The molecule has 110 valence electrons. The number of carbonyl (C=O) groups is 1. The Morgan fingerprint density at radius 1 is 1.45 bits per heavy atom. The van der Waals surface area contributed by atoms with Gasteiger partial charge in [0.25, 0.3) is 0 Å². The SMILES string of the molecule is C/C(=C/C(=O)NC(C)CCCO)c1ccc(F)cc1F. The van der Waals surface area contributed by atoms with E-state index in [0.29, 0.717) is 18.4 Å². The number of nitrogens with one attached hydrogen (secondary N) is 1. The molecular weight excluding hydrogens is 264 g/mol. The quantitative estimate of drug-likeness (QED) is 0.789. The fraction of sp³-hybridized carbons (Fsp3) is 0.400. The Labute approximate surface area is 117 Å². The Hall–Kier alpha value is -1.75. The number of hydrogen-bond donors (Lipinski definition) is 2. The van der Waals surface area contributed by atoms with Gasteiger partial charge in [-0.1, -0.05) is 0 Å². The molecule has 1 aromatic rings. The first-order valence-electron chi connectivity index (χ1n) is 6.49. The average molecular weight is 283 g/mol. The van der Waals surface area contributed by atoms with Gasteiger partial charge in [0.05, 0.1) is 0 Å². The van der Waals surface area contributed by atoms with Gasteiger partial charge < -0.3 is 10.4 Å². The summed E-state index contributed by atoms with van der Waals surface area (Å²) in [6.45, 7) is 3.50. The number of amides is 1. The molecule has 1 rings (SSSR count). The highest BCUT2D eigenvalue weighted by atomic mass is 19.1. The van der Waals surface area contributed by atoms with Gasteiger partial charge in [0.15, 0.2) is 0 Å². The van der Waals surface area contributed by atoms with Crippen LogP contribution in [0.5, 0.6) is 0 Å². The molecular formula is C15H19F2NO2.